The SMILES string of the molecule is CC1CCC(NC(=O)C2(N)CCC2)C(C)C1. The fourth-order valence-corrected chi connectivity index (χ4v) is 2.98. The predicted molar refractivity (Wildman–Crippen MR) is 64.9 cm³/mol. The minimum absolute atomic E-state index is 0.0881. The largest absolute Gasteiger partial charge is 0.352 e. The first-order valence-electron chi connectivity index (χ1n) is 6.61. The van der Waals surface area contributed by atoms with Gasteiger partial charge < -0.3 is 11.1 Å². The van der Waals surface area contributed by atoms with E-state index in [1.807, 2.05) is 0 Å². The summed E-state index contributed by atoms with van der Waals surface area (Å²) < 4.78 is 0. The van der Waals surface area contributed by atoms with Crippen molar-refractivity contribution in [1.29, 1.82) is 0 Å². The highest BCUT2D eigenvalue weighted by molar-refractivity contribution is 5.87. The molecule has 3 atom stereocenters. The molecule has 2 fully saturated rings. The van der Waals surface area contributed by atoms with Crippen molar-refractivity contribution in [1.82, 2.24) is 5.32 Å². The Morgan fingerprint density at radius 3 is 2.50 bits per heavy atom. The fourth-order valence-electron chi connectivity index (χ4n) is 2.98. The molecular weight excluding hydrogens is 200 g/mol. The first-order chi connectivity index (χ1) is 7.51. The first-order valence-corrected chi connectivity index (χ1v) is 6.61. The van der Waals surface area contributed by atoms with E-state index >= 15 is 0 Å². The number of carbonyl (C=O) groups excluding carboxylic acids is 1. The van der Waals surface area contributed by atoms with Crippen molar-refractivity contribution in [3.05, 3.63) is 0 Å². The van der Waals surface area contributed by atoms with Gasteiger partial charge in [-0.2, -0.15) is 0 Å². The number of hydrogen-bond acceptors (Lipinski definition) is 2. The third-order valence-corrected chi connectivity index (χ3v) is 4.45. The van der Waals surface area contributed by atoms with Gasteiger partial charge in [-0.05, 0) is 50.4 Å². The molecule has 3 unspecified atom stereocenters. The zero-order valence-electron chi connectivity index (χ0n) is 10.5. The van der Waals surface area contributed by atoms with Crippen LogP contribution in [0.2, 0.25) is 0 Å². The number of rotatable bonds is 2. The summed E-state index contributed by atoms with van der Waals surface area (Å²) in [4.78, 5) is 12.0. The normalized spacial score (nSPS) is 37.6. The molecule has 0 spiro atoms. The van der Waals surface area contributed by atoms with Crippen LogP contribution in [0.4, 0.5) is 0 Å². The van der Waals surface area contributed by atoms with Gasteiger partial charge in [-0.15, -0.1) is 0 Å². The van der Waals surface area contributed by atoms with Gasteiger partial charge in [-0.1, -0.05) is 13.8 Å². The van der Waals surface area contributed by atoms with Crippen LogP contribution in [0.5, 0.6) is 0 Å². The molecule has 1 amide bonds. The Morgan fingerprint density at radius 2 is 2.00 bits per heavy atom. The highest BCUT2D eigenvalue weighted by Gasteiger charge is 2.41. The van der Waals surface area contributed by atoms with Crippen LogP contribution in [0.1, 0.15) is 52.4 Å². The van der Waals surface area contributed by atoms with E-state index in [9.17, 15) is 4.79 Å². The summed E-state index contributed by atoms with van der Waals surface area (Å²) in [6, 6.07) is 0.352. The Bertz CT molecular complexity index is 273. The molecule has 0 aromatic heterocycles. The van der Waals surface area contributed by atoms with Crippen molar-refractivity contribution < 1.29 is 4.79 Å². The zero-order valence-corrected chi connectivity index (χ0v) is 10.5. The molecule has 16 heavy (non-hydrogen) atoms. The summed E-state index contributed by atoms with van der Waals surface area (Å²) in [5.41, 5.74) is 5.49. The quantitative estimate of drug-likeness (QED) is 0.751. The number of nitrogens with one attached hydrogen (secondary N) is 1. The molecule has 0 radical (unpaired) electrons. The molecule has 2 rings (SSSR count). The lowest BCUT2D eigenvalue weighted by atomic mass is 9.75. The van der Waals surface area contributed by atoms with Crippen LogP contribution in [0, 0.1) is 11.8 Å². The molecule has 0 aliphatic heterocycles. The van der Waals surface area contributed by atoms with Gasteiger partial charge in [-0.25, -0.2) is 0 Å². The van der Waals surface area contributed by atoms with E-state index in [2.05, 4.69) is 19.2 Å². The summed E-state index contributed by atoms with van der Waals surface area (Å²) in [5.74, 6) is 1.49. The molecule has 2 aliphatic carbocycles. The lowest BCUT2D eigenvalue weighted by Gasteiger charge is -2.40. The predicted octanol–water partition coefficient (Wildman–Crippen LogP) is 1.81. The molecule has 0 heterocycles. The third-order valence-electron chi connectivity index (χ3n) is 4.45. The van der Waals surface area contributed by atoms with E-state index in [1.54, 1.807) is 0 Å². The Kier molecular flexibility index (Phi) is 3.24. The second kappa shape index (κ2) is 4.36. The Labute approximate surface area is 98.2 Å². The van der Waals surface area contributed by atoms with E-state index in [-0.39, 0.29) is 5.91 Å². The van der Waals surface area contributed by atoms with E-state index in [0.29, 0.717) is 12.0 Å². The van der Waals surface area contributed by atoms with Crippen LogP contribution in [0.3, 0.4) is 0 Å². The highest BCUT2D eigenvalue weighted by atomic mass is 16.2. The maximum atomic E-state index is 12.0. The Morgan fingerprint density at radius 1 is 1.31 bits per heavy atom. The molecule has 3 N–H and O–H groups in total. The topological polar surface area (TPSA) is 55.1 Å². The lowest BCUT2D eigenvalue weighted by molar-refractivity contribution is -0.130. The maximum absolute atomic E-state index is 12.0. The van der Waals surface area contributed by atoms with Crippen molar-refractivity contribution >= 4 is 5.91 Å². The summed E-state index contributed by atoms with van der Waals surface area (Å²) in [6.07, 6.45) is 6.38. The van der Waals surface area contributed by atoms with Crippen LogP contribution in [0.15, 0.2) is 0 Å². The fraction of sp³-hybridized carbons (Fsp3) is 0.923. The van der Waals surface area contributed by atoms with Crippen LogP contribution >= 0.6 is 0 Å². The second-order valence-corrected chi connectivity index (χ2v) is 5.99. The molecule has 0 aromatic carbocycles. The van der Waals surface area contributed by atoms with Crippen molar-refractivity contribution in [3.63, 3.8) is 0 Å². The standard InChI is InChI=1S/C13H24N2O/c1-9-4-5-11(10(2)8-9)15-12(16)13(14)6-3-7-13/h9-11H,3-8,14H2,1-2H3,(H,15,16). The smallest absolute Gasteiger partial charge is 0.240 e. The van der Waals surface area contributed by atoms with Crippen LogP contribution < -0.4 is 11.1 Å². The zero-order chi connectivity index (χ0) is 11.8. The van der Waals surface area contributed by atoms with E-state index < -0.39 is 5.54 Å². The van der Waals surface area contributed by atoms with Crippen molar-refractivity contribution in [2.75, 3.05) is 0 Å². The van der Waals surface area contributed by atoms with Crippen LogP contribution in [0.25, 0.3) is 0 Å². The molecule has 92 valence electrons. The summed E-state index contributed by atoms with van der Waals surface area (Å²) in [7, 11) is 0. The van der Waals surface area contributed by atoms with E-state index in [0.717, 1.165) is 31.6 Å². The highest BCUT2D eigenvalue weighted by Crippen LogP contribution is 2.32. The minimum Gasteiger partial charge on any atom is -0.352 e. The monoisotopic (exact) mass is 224 g/mol. The molecule has 3 nitrogen and oxygen atoms in total. The summed E-state index contributed by atoms with van der Waals surface area (Å²) >= 11 is 0. The maximum Gasteiger partial charge on any atom is 0.240 e. The lowest BCUT2D eigenvalue weighted by Crippen LogP contribution is -2.61. The van der Waals surface area contributed by atoms with E-state index in [4.69, 9.17) is 5.73 Å². The minimum atomic E-state index is -0.539. The Hall–Kier alpha value is -0.570. The molecule has 0 bridgehead atoms. The first kappa shape index (κ1) is 11.9. The van der Waals surface area contributed by atoms with Gasteiger partial charge in [0.15, 0.2) is 0 Å². The van der Waals surface area contributed by atoms with Gasteiger partial charge in [0.25, 0.3) is 0 Å². The second-order valence-electron chi connectivity index (χ2n) is 5.99. The molecule has 2 aliphatic rings. The average Bonchev–Trinajstić information content (AvgIpc) is 2.18. The molecule has 0 saturated heterocycles. The van der Waals surface area contributed by atoms with Gasteiger partial charge >= 0.3 is 0 Å². The van der Waals surface area contributed by atoms with Crippen molar-refractivity contribution in [2.45, 2.75) is 64.0 Å². The van der Waals surface area contributed by atoms with E-state index in [1.165, 1.54) is 12.8 Å². The molecule has 2 saturated carbocycles. The summed E-state index contributed by atoms with van der Waals surface area (Å²) in [5, 5.41) is 3.17. The molecular formula is C13H24N2O. The number of amides is 1. The number of nitrogens with two attached hydrogens (primary N) is 1. The van der Waals surface area contributed by atoms with Gasteiger partial charge in [0.2, 0.25) is 5.91 Å². The van der Waals surface area contributed by atoms with Crippen molar-refractivity contribution in [2.24, 2.45) is 17.6 Å². The van der Waals surface area contributed by atoms with Gasteiger partial charge in [-0.3, -0.25) is 4.79 Å². The summed E-state index contributed by atoms with van der Waals surface area (Å²) in [6.45, 7) is 4.54. The molecule has 0 aromatic rings. The average molecular weight is 224 g/mol. The Balaban J connectivity index is 1.87. The van der Waals surface area contributed by atoms with Gasteiger partial charge in [0.05, 0.1) is 5.54 Å². The molecule has 3 heteroatoms. The van der Waals surface area contributed by atoms with Gasteiger partial charge in [0, 0.05) is 6.04 Å². The number of hydrogen-bond donors (Lipinski definition) is 2. The van der Waals surface area contributed by atoms with Crippen molar-refractivity contribution in [3.8, 4) is 0 Å². The third kappa shape index (κ3) is 2.24. The number of carbonyl (C=O) groups is 1. The van der Waals surface area contributed by atoms with Crippen LogP contribution in [-0.2, 0) is 4.79 Å². The van der Waals surface area contributed by atoms with Crippen LogP contribution in [-0.4, -0.2) is 17.5 Å². The van der Waals surface area contributed by atoms with Gasteiger partial charge in [0.1, 0.15) is 0 Å².